The Balaban J connectivity index is 2.05. The first kappa shape index (κ1) is 16.1. The molecule has 2 aromatic carbocycles. The smallest absolute Gasteiger partial charge is 0.216 e. The number of nitrogens with zero attached hydrogens (tertiary/aromatic N) is 3. The van der Waals surface area contributed by atoms with Crippen LogP contribution in [0.4, 0.5) is 0 Å². The maximum Gasteiger partial charge on any atom is 0.216 e. The molecule has 0 saturated heterocycles. The van der Waals surface area contributed by atoms with Gasteiger partial charge in [0.25, 0.3) is 0 Å². The van der Waals surface area contributed by atoms with Crippen LogP contribution in [0, 0.1) is 4.77 Å². The summed E-state index contributed by atoms with van der Waals surface area (Å²) in [6, 6.07) is 13.1. The third-order valence-electron chi connectivity index (χ3n) is 3.05. The van der Waals surface area contributed by atoms with Crippen LogP contribution < -0.4 is 0 Å². The van der Waals surface area contributed by atoms with Gasteiger partial charge in [-0.2, -0.15) is 14.9 Å². The molecule has 0 atom stereocenters. The third kappa shape index (κ3) is 3.44. The molecule has 0 spiro atoms. The van der Waals surface area contributed by atoms with Gasteiger partial charge in [-0.25, -0.2) is 5.10 Å². The summed E-state index contributed by atoms with van der Waals surface area (Å²) in [5.74, 6) is 0.702. The number of phenols is 1. The van der Waals surface area contributed by atoms with Crippen molar-refractivity contribution in [2.24, 2.45) is 5.10 Å². The molecule has 0 amide bonds. The van der Waals surface area contributed by atoms with E-state index in [1.165, 1.54) is 10.9 Å². The molecule has 0 radical (unpaired) electrons. The second-order valence-corrected chi connectivity index (χ2v) is 6.76. The van der Waals surface area contributed by atoms with Gasteiger partial charge < -0.3 is 5.11 Å². The van der Waals surface area contributed by atoms with Gasteiger partial charge in [-0.15, -0.1) is 0 Å². The van der Waals surface area contributed by atoms with E-state index < -0.39 is 0 Å². The minimum absolute atomic E-state index is 0.105. The summed E-state index contributed by atoms with van der Waals surface area (Å²) in [5.41, 5.74) is 1.44. The van der Waals surface area contributed by atoms with Gasteiger partial charge in [-0.1, -0.05) is 46.3 Å². The van der Waals surface area contributed by atoms with Gasteiger partial charge in [-0.05, 0) is 40.3 Å². The van der Waals surface area contributed by atoms with Crippen molar-refractivity contribution in [1.82, 2.24) is 14.9 Å². The summed E-state index contributed by atoms with van der Waals surface area (Å²) < 4.78 is 3.28. The van der Waals surface area contributed by atoms with Gasteiger partial charge in [0.1, 0.15) is 5.75 Å². The lowest BCUT2D eigenvalue weighted by Gasteiger charge is -2.04. The zero-order valence-electron chi connectivity index (χ0n) is 11.6. The molecule has 116 valence electrons. The number of H-pyrrole nitrogens is 1. The minimum atomic E-state index is 0.105. The number of aromatic nitrogens is 3. The molecule has 5 nitrogen and oxygen atoms in total. The standard InChI is InChI=1S/C15H10Br2N4OS/c16-11-6-10(13(22)12(17)7-11)8-18-21-14(19-20-15(21)23)9-4-2-1-3-5-9/h1-8,22H,(H,20,23)/b18-8+. The Morgan fingerprint density at radius 1 is 1.22 bits per heavy atom. The summed E-state index contributed by atoms with van der Waals surface area (Å²) in [7, 11) is 0. The normalized spacial score (nSPS) is 11.2. The number of phenolic OH excluding ortho intramolecular Hbond substituents is 1. The van der Waals surface area contributed by atoms with E-state index in [2.05, 4.69) is 47.2 Å². The Morgan fingerprint density at radius 3 is 2.70 bits per heavy atom. The first-order valence-electron chi connectivity index (χ1n) is 6.51. The number of aromatic amines is 1. The second kappa shape index (κ2) is 6.77. The largest absolute Gasteiger partial charge is 0.506 e. The molecule has 0 aliphatic rings. The van der Waals surface area contributed by atoms with E-state index in [0.717, 1.165) is 10.0 Å². The van der Waals surface area contributed by atoms with Gasteiger partial charge in [0.05, 0.1) is 10.7 Å². The van der Waals surface area contributed by atoms with Crippen LogP contribution in [0.3, 0.4) is 0 Å². The van der Waals surface area contributed by atoms with E-state index in [-0.39, 0.29) is 5.75 Å². The maximum atomic E-state index is 10.1. The highest BCUT2D eigenvalue weighted by atomic mass is 79.9. The maximum absolute atomic E-state index is 10.1. The molecule has 0 fully saturated rings. The lowest BCUT2D eigenvalue weighted by atomic mass is 10.2. The Morgan fingerprint density at radius 2 is 1.96 bits per heavy atom. The molecule has 8 heteroatoms. The lowest BCUT2D eigenvalue weighted by Crippen LogP contribution is -1.95. The fourth-order valence-electron chi connectivity index (χ4n) is 1.98. The number of halogens is 2. The van der Waals surface area contributed by atoms with Crippen molar-refractivity contribution in [3.8, 4) is 17.1 Å². The van der Waals surface area contributed by atoms with Crippen LogP contribution in [-0.2, 0) is 0 Å². The summed E-state index contributed by atoms with van der Waals surface area (Å²) in [6.45, 7) is 0. The summed E-state index contributed by atoms with van der Waals surface area (Å²) in [6.07, 6.45) is 1.53. The molecule has 0 aliphatic carbocycles. The molecule has 0 unspecified atom stereocenters. The Labute approximate surface area is 153 Å². The van der Waals surface area contributed by atoms with Gasteiger partial charge >= 0.3 is 0 Å². The SMILES string of the molecule is Oc1c(Br)cc(Br)cc1/C=N/n1c(-c2ccccc2)n[nH]c1=S. The van der Waals surface area contributed by atoms with Crippen LogP contribution in [0.15, 0.2) is 56.5 Å². The molecular weight excluding hydrogens is 444 g/mol. The van der Waals surface area contributed by atoms with Crippen molar-refractivity contribution in [2.45, 2.75) is 0 Å². The highest BCUT2D eigenvalue weighted by Crippen LogP contribution is 2.30. The van der Waals surface area contributed by atoms with E-state index >= 15 is 0 Å². The van der Waals surface area contributed by atoms with Crippen LogP contribution in [0.1, 0.15) is 5.56 Å². The van der Waals surface area contributed by atoms with Gasteiger partial charge in [0.15, 0.2) is 5.82 Å². The van der Waals surface area contributed by atoms with E-state index in [9.17, 15) is 5.11 Å². The number of nitrogens with one attached hydrogen (secondary N) is 1. The number of hydrogen-bond donors (Lipinski definition) is 2. The highest BCUT2D eigenvalue weighted by Gasteiger charge is 2.09. The summed E-state index contributed by atoms with van der Waals surface area (Å²) in [5, 5.41) is 21.4. The van der Waals surface area contributed by atoms with Crippen molar-refractivity contribution in [2.75, 3.05) is 0 Å². The fraction of sp³-hybridized carbons (Fsp3) is 0. The van der Waals surface area contributed by atoms with Gasteiger partial charge in [0.2, 0.25) is 4.77 Å². The lowest BCUT2D eigenvalue weighted by molar-refractivity contribution is 0.471. The van der Waals surface area contributed by atoms with Crippen molar-refractivity contribution < 1.29 is 5.11 Å². The highest BCUT2D eigenvalue weighted by molar-refractivity contribution is 9.11. The van der Waals surface area contributed by atoms with E-state index in [1.807, 2.05) is 30.3 Å². The first-order valence-corrected chi connectivity index (χ1v) is 8.51. The molecule has 1 heterocycles. The third-order valence-corrected chi connectivity index (χ3v) is 4.38. The Kier molecular flexibility index (Phi) is 4.74. The second-order valence-electron chi connectivity index (χ2n) is 4.60. The zero-order chi connectivity index (χ0) is 16.4. The quantitative estimate of drug-likeness (QED) is 0.445. The minimum Gasteiger partial charge on any atom is -0.506 e. The first-order chi connectivity index (χ1) is 11.1. The molecular formula is C15H10Br2N4OS. The molecule has 3 rings (SSSR count). The van der Waals surface area contributed by atoms with Crippen molar-refractivity contribution in [3.05, 3.63) is 61.7 Å². The molecule has 2 N–H and O–H groups in total. The van der Waals surface area contributed by atoms with Crippen molar-refractivity contribution in [1.29, 1.82) is 0 Å². The van der Waals surface area contributed by atoms with Gasteiger partial charge in [-0.3, -0.25) is 0 Å². The zero-order valence-corrected chi connectivity index (χ0v) is 15.6. The molecule has 0 saturated carbocycles. The van der Waals surface area contributed by atoms with Gasteiger partial charge in [0, 0.05) is 15.6 Å². The molecule has 1 aromatic heterocycles. The molecule has 0 bridgehead atoms. The van der Waals surface area contributed by atoms with E-state index in [1.54, 1.807) is 12.1 Å². The average molecular weight is 454 g/mol. The summed E-state index contributed by atoms with van der Waals surface area (Å²) in [4.78, 5) is 0. The predicted molar refractivity (Wildman–Crippen MR) is 99.3 cm³/mol. The molecule has 0 aliphatic heterocycles. The van der Waals surface area contributed by atoms with Crippen LogP contribution >= 0.6 is 44.1 Å². The van der Waals surface area contributed by atoms with Crippen molar-refractivity contribution >= 4 is 50.3 Å². The van der Waals surface area contributed by atoms with E-state index in [4.69, 9.17) is 12.2 Å². The Hall–Kier alpha value is -1.77. The van der Waals surface area contributed by atoms with Crippen LogP contribution in [0.5, 0.6) is 5.75 Å². The van der Waals surface area contributed by atoms with Crippen molar-refractivity contribution in [3.63, 3.8) is 0 Å². The van der Waals surface area contributed by atoms with Crippen LogP contribution in [0.25, 0.3) is 11.4 Å². The number of benzene rings is 2. The van der Waals surface area contributed by atoms with E-state index in [0.29, 0.717) is 20.6 Å². The Bertz CT molecular complexity index is 934. The predicted octanol–water partition coefficient (Wildman–Crippen LogP) is 4.72. The van der Waals surface area contributed by atoms with Crippen LogP contribution in [-0.4, -0.2) is 26.2 Å². The average Bonchev–Trinajstić information content (AvgIpc) is 2.91. The molecule has 23 heavy (non-hydrogen) atoms. The number of aromatic hydroxyl groups is 1. The fourth-order valence-corrected chi connectivity index (χ4v) is 3.41. The number of rotatable bonds is 3. The summed E-state index contributed by atoms with van der Waals surface area (Å²) >= 11 is 11.9. The molecule has 3 aromatic rings. The van der Waals surface area contributed by atoms with Crippen LogP contribution in [0.2, 0.25) is 0 Å². The topological polar surface area (TPSA) is 66.2 Å². The number of hydrogen-bond acceptors (Lipinski definition) is 4. The monoisotopic (exact) mass is 452 g/mol.